The zero-order chi connectivity index (χ0) is 14.9. The van der Waals surface area contributed by atoms with Crippen LogP contribution in [0.5, 0.6) is 0 Å². The number of benzene rings is 1. The maximum absolute atomic E-state index is 12.6. The first-order chi connectivity index (χ1) is 10.1. The summed E-state index contributed by atoms with van der Waals surface area (Å²) in [6.07, 6.45) is 3.72. The van der Waals surface area contributed by atoms with E-state index < -0.39 is 10.0 Å². The van der Waals surface area contributed by atoms with Crippen molar-refractivity contribution < 1.29 is 8.42 Å². The van der Waals surface area contributed by atoms with Gasteiger partial charge in [-0.05, 0) is 25.1 Å². The summed E-state index contributed by atoms with van der Waals surface area (Å²) in [7, 11) is -3.31. The van der Waals surface area contributed by atoms with E-state index >= 15 is 0 Å². The molecule has 2 fully saturated rings. The number of hydrogen-bond acceptors (Lipinski definition) is 3. The molecule has 2 atom stereocenters. The average molecular weight is 308 g/mol. The molecule has 2 saturated heterocycles. The van der Waals surface area contributed by atoms with E-state index in [4.69, 9.17) is 0 Å². The van der Waals surface area contributed by atoms with E-state index in [1.54, 1.807) is 28.6 Å². The number of nitrogens with zero attached hydrogens (tertiary/aromatic N) is 2. The predicted octanol–water partition coefficient (Wildman–Crippen LogP) is 2.18. The van der Waals surface area contributed by atoms with Crippen LogP contribution in [0.15, 0.2) is 35.2 Å². The molecule has 1 aromatic rings. The minimum Gasteiger partial charge on any atom is -0.298 e. The summed E-state index contributed by atoms with van der Waals surface area (Å²) >= 11 is 0. The Morgan fingerprint density at radius 2 is 1.86 bits per heavy atom. The van der Waals surface area contributed by atoms with Gasteiger partial charge in [-0.15, -0.1) is 0 Å². The van der Waals surface area contributed by atoms with E-state index in [1.807, 2.05) is 6.07 Å². The molecule has 5 heteroatoms. The first kappa shape index (κ1) is 15.0. The maximum atomic E-state index is 12.6. The molecule has 2 aliphatic rings. The highest BCUT2D eigenvalue weighted by Crippen LogP contribution is 2.35. The summed E-state index contributed by atoms with van der Waals surface area (Å²) in [5.41, 5.74) is 0. The van der Waals surface area contributed by atoms with Crippen LogP contribution >= 0.6 is 0 Å². The summed E-state index contributed by atoms with van der Waals surface area (Å²) in [6.45, 7) is 5.74. The van der Waals surface area contributed by atoms with Crippen LogP contribution in [0.25, 0.3) is 0 Å². The fourth-order valence-corrected chi connectivity index (χ4v) is 5.00. The fraction of sp³-hybridized carbons (Fsp3) is 0.625. The molecular weight excluding hydrogens is 284 g/mol. The van der Waals surface area contributed by atoms with Gasteiger partial charge in [0.05, 0.1) is 4.90 Å². The van der Waals surface area contributed by atoms with Gasteiger partial charge in [-0.2, -0.15) is 4.31 Å². The second kappa shape index (κ2) is 6.07. The SMILES string of the molecule is CCCCCN1CC2CN(S(=O)(=O)c3ccccc3)CC21. The van der Waals surface area contributed by atoms with Gasteiger partial charge in [0.25, 0.3) is 0 Å². The van der Waals surface area contributed by atoms with E-state index in [2.05, 4.69) is 11.8 Å². The van der Waals surface area contributed by atoms with Gasteiger partial charge in [-0.25, -0.2) is 8.42 Å². The molecule has 0 aliphatic carbocycles. The largest absolute Gasteiger partial charge is 0.298 e. The van der Waals surface area contributed by atoms with Crippen molar-refractivity contribution in [3.63, 3.8) is 0 Å². The van der Waals surface area contributed by atoms with Crippen molar-refractivity contribution in [2.24, 2.45) is 5.92 Å². The molecule has 0 radical (unpaired) electrons. The molecule has 116 valence electrons. The topological polar surface area (TPSA) is 40.6 Å². The van der Waals surface area contributed by atoms with E-state index in [1.165, 1.54) is 19.3 Å². The molecule has 4 nitrogen and oxygen atoms in total. The normalized spacial score (nSPS) is 26.5. The van der Waals surface area contributed by atoms with Crippen LogP contribution in [0.3, 0.4) is 0 Å². The number of likely N-dealkylation sites (tertiary alicyclic amines) is 1. The van der Waals surface area contributed by atoms with Gasteiger partial charge in [0, 0.05) is 31.6 Å². The van der Waals surface area contributed by atoms with Gasteiger partial charge in [-0.1, -0.05) is 38.0 Å². The standard InChI is InChI=1S/C16H24N2O2S/c1-2-3-7-10-17-11-14-12-18(13-16(14)17)21(19,20)15-8-5-4-6-9-15/h4-6,8-9,14,16H,2-3,7,10-13H2,1H3. The van der Waals surface area contributed by atoms with Crippen LogP contribution in [0, 0.1) is 5.92 Å². The molecule has 0 aromatic heterocycles. The van der Waals surface area contributed by atoms with Gasteiger partial charge >= 0.3 is 0 Å². The zero-order valence-electron chi connectivity index (χ0n) is 12.6. The molecular formula is C16H24N2O2S. The summed E-state index contributed by atoms with van der Waals surface area (Å²) in [5.74, 6) is 0.533. The molecule has 2 heterocycles. The summed E-state index contributed by atoms with van der Waals surface area (Å²) in [6, 6.07) is 9.24. The quantitative estimate of drug-likeness (QED) is 0.756. The average Bonchev–Trinajstić information content (AvgIpc) is 2.83. The molecule has 0 saturated carbocycles. The molecule has 0 bridgehead atoms. The Balaban J connectivity index is 1.63. The third-order valence-corrected chi connectivity index (χ3v) is 6.59. The lowest BCUT2D eigenvalue weighted by molar-refractivity contribution is 0.0501. The number of unbranched alkanes of at least 4 members (excludes halogenated alkanes) is 2. The second-order valence-electron chi connectivity index (χ2n) is 6.16. The Kier molecular flexibility index (Phi) is 4.33. The lowest BCUT2D eigenvalue weighted by Crippen LogP contribution is -2.55. The lowest BCUT2D eigenvalue weighted by Gasteiger charge is -2.43. The molecule has 3 rings (SSSR count). The summed E-state index contributed by atoms with van der Waals surface area (Å²) < 4.78 is 26.9. The molecule has 2 aliphatic heterocycles. The number of hydrogen-bond donors (Lipinski definition) is 0. The smallest absolute Gasteiger partial charge is 0.243 e. The molecule has 21 heavy (non-hydrogen) atoms. The molecule has 0 N–H and O–H groups in total. The van der Waals surface area contributed by atoms with Crippen molar-refractivity contribution >= 4 is 10.0 Å². The van der Waals surface area contributed by atoms with Crippen molar-refractivity contribution in [3.05, 3.63) is 30.3 Å². The Labute approximate surface area is 127 Å². The predicted molar refractivity (Wildman–Crippen MR) is 83.6 cm³/mol. The maximum Gasteiger partial charge on any atom is 0.243 e. The van der Waals surface area contributed by atoms with E-state index in [-0.39, 0.29) is 0 Å². The Hall–Kier alpha value is -0.910. The monoisotopic (exact) mass is 308 g/mol. The molecule has 0 amide bonds. The first-order valence-electron chi connectivity index (χ1n) is 7.92. The van der Waals surface area contributed by atoms with Crippen molar-refractivity contribution in [2.75, 3.05) is 26.2 Å². The van der Waals surface area contributed by atoms with Gasteiger partial charge < -0.3 is 0 Å². The molecule has 2 unspecified atom stereocenters. The number of sulfonamides is 1. The van der Waals surface area contributed by atoms with Crippen molar-refractivity contribution in [2.45, 2.75) is 37.1 Å². The Bertz CT molecular complexity index is 573. The highest BCUT2D eigenvalue weighted by molar-refractivity contribution is 7.89. The molecule has 0 spiro atoms. The molecule has 1 aromatic carbocycles. The van der Waals surface area contributed by atoms with Crippen LogP contribution in [0.2, 0.25) is 0 Å². The number of fused-ring (bicyclic) bond motifs is 1. The fourth-order valence-electron chi connectivity index (χ4n) is 3.47. The lowest BCUT2D eigenvalue weighted by atomic mass is 9.92. The van der Waals surface area contributed by atoms with Crippen LogP contribution in [0.1, 0.15) is 26.2 Å². The van der Waals surface area contributed by atoms with Crippen LogP contribution in [-0.4, -0.2) is 49.8 Å². The van der Waals surface area contributed by atoms with E-state index in [0.29, 0.717) is 29.9 Å². The van der Waals surface area contributed by atoms with E-state index in [0.717, 1.165) is 13.1 Å². The van der Waals surface area contributed by atoms with Crippen molar-refractivity contribution in [1.29, 1.82) is 0 Å². The van der Waals surface area contributed by atoms with E-state index in [9.17, 15) is 8.42 Å². The van der Waals surface area contributed by atoms with Gasteiger partial charge in [-0.3, -0.25) is 4.90 Å². The van der Waals surface area contributed by atoms with Gasteiger partial charge in [0.2, 0.25) is 10.0 Å². The minimum absolute atomic E-state index is 0.420. The van der Waals surface area contributed by atoms with Crippen molar-refractivity contribution in [3.8, 4) is 0 Å². The Morgan fingerprint density at radius 1 is 1.10 bits per heavy atom. The number of rotatable bonds is 6. The van der Waals surface area contributed by atoms with Gasteiger partial charge in [0.15, 0.2) is 0 Å². The highest BCUT2D eigenvalue weighted by atomic mass is 32.2. The van der Waals surface area contributed by atoms with Gasteiger partial charge in [0.1, 0.15) is 0 Å². The first-order valence-corrected chi connectivity index (χ1v) is 9.36. The van der Waals surface area contributed by atoms with Crippen LogP contribution < -0.4 is 0 Å². The highest BCUT2D eigenvalue weighted by Gasteiger charge is 2.48. The summed E-state index contributed by atoms with van der Waals surface area (Å²) in [5, 5.41) is 0. The third-order valence-electron chi connectivity index (χ3n) is 4.74. The summed E-state index contributed by atoms with van der Waals surface area (Å²) in [4.78, 5) is 2.88. The van der Waals surface area contributed by atoms with Crippen molar-refractivity contribution in [1.82, 2.24) is 9.21 Å². The second-order valence-corrected chi connectivity index (χ2v) is 8.10. The van der Waals surface area contributed by atoms with Crippen LogP contribution in [0.4, 0.5) is 0 Å². The zero-order valence-corrected chi connectivity index (χ0v) is 13.4. The minimum atomic E-state index is -3.31. The van der Waals surface area contributed by atoms with Crippen LogP contribution in [-0.2, 0) is 10.0 Å². The third kappa shape index (κ3) is 2.87. The Morgan fingerprint density at radius 3 is 2.57 bits per heavy atom.